The van der Waals surface area contributed by atoms with Crippen molar-refractivity contribution < 1.29 is 0 Å². The number of halogens is 1. The third-order valence-corrected chi connectivity index (χ3v) is 4.91. The van der Waals surface area contributed by atoms with Gasteiger partial charge in [0.25, 0.3) is 0 Å². The Balaban J connectivity index is 1.76. The summed E-state index contributed by atoms with van der Waals surface area (Å²) in [6.07, 6.45) is 3.90. The minimum atomic E-state index is 0.300. The van der Waals surface area contributed by atoms with Gasteiger partial charge < -0.3 is 16.0 Å². The van der Waals surface area contributed by atoms with Gasteiger partial charge in [-0.3, -0.25) is 0 Å². The summed E-state index contributed by atoms with van der Waals surface area (Å²) in [5.41, 5.74) is 2.96. The molecule has 7 heteroatoms. The molecule has 26 heavy (non-hydrogen) atoms. The van der Waals surface area contributed by atoms with E-state index in [1.54, 1.807) is 10.7 Å². The summed E-state index contributed by atoms with van der Waals surface area (Å²) in [5.74, 6) is 0.753. The SMILES string of the molecule is N#Cc1c(N[C@@H]2CCCNC2)cc(Nc2ccccc2Cl)n2nccc12. The van der Waals surface area contributed by atoms with E-state index in [2.05, 4.69) is 27.1 Å². The van der Waals surface area contributed by atoms with Crippen molar-refractivity contribution in [1.29, 1.82) is 5.26 Å². The van der Waals surface area contributed by atoms with Gasteiger partial charge in [0.05, 0.1) is 28.1 Å². The van der Waals surface area contributed by atoms with Crippen molar-refractivity contribution in [3.63, 3.8) is 0 Å². The van der Waals surface area contributed by atoms with Crippen LogP contribution in [-0.2, 0) is 0 Å². The number of piperidine rings is 1. The molecule has 0 amide bonds. The number of anilines is 3. The number of nitrogens with zero attached hydrogens (tertiary/aromatic N) is 3. The molecule has 1 fully saturated rings. The molecule has 0 saturated carbocycles. The Kier molecular flexibility index (Phi) is 4.65. The van der Waals surface area contributed by atoms with Gasteiger partial charge in [0.15, 0.2) is 0 Å². The van der Waals surface area contributed by atoms with Crippen molar-refractivity contribution >= 4 is 34.3 Å². The molecule has 1 aliphatic rings. The summed E-state index contributed by atoms with van der Waals surface area (Å²) < 4.78 is 1.73. The molecule has 0 aliphatic carbocycles. The van der Waals surface area contributed by atoms with E-state index in [9.17, 15) is 5.26 Å². The number of nitriles is 1. The summed E-state index contributed by atoms with van der Waals surface area (Å²) in [7, 11) is 0. The second kappa shape index (κ2) is 7.24. The summed E-state index contributed by atoms with van der Waals surface area (Å²) in [6, 6.07) is 13.9. The monoisotopic (exact) mass is 366 g/mol. The quantitative estimate of drug-likeness (QED) is 0.655. The number of rotatable bonds is 4. The zero-order valence-electron chi connectivity index (χ0n) is 14.2. The van der Waals surface area contributed by atoms with E-state index in [1.807, 2.05) is 36.4 Å². The Bertz CT molecular complexity index is 968. The Hall–Kier alpha value is -2.75. The van der Waals surface area contributed by atoms with Gasteiger partial charge in [-0.25, -0.2) is 4.52 Å². The number of hydrogen-bond donors (Lipinski definition) is 3. The molecule has 1 aromatic carbocycles. The molecule has 132 valence electrons. The number of fused-ring (bicyclic) bond motifs is 1. The molecule has 6 nitrogen and oxygen atoms in total. The fourth-order valence-electron chi connectivity index (χ4n) is 3.31. The van der Waals surface area contributed by atoms with Gasteiger partial charge in [-0.05, 0) is 37.6 Å². The lowest BCUT2D eigenvalue weighted by atomic mass is 10.1. The minimum Gasteiger partial charge on any atom is -0.380 e. The number of benzene rings is 1. The molecule has 0 spiro atoms. The maximum Gasteiger partial charge on any atom is 0.134 e. The van der Waals surface area contributed by atoms with Crippen molar-refractivity contribution in [2.24, 2.45) is 0 Å². The van der Waals surface area contributed by atoms with E-state index in [-0.39, 0.29) is 0 Å². The molecule has 1 saturated heterocycles. The molecule has 4 rings (SSSR count). The van der Waals surface area contributed by atoms with Crippen LogP contribution in [0.3, 0.4) is 0 Å². The molecular weight excluding hydrogens is 348 g/mol. The lowest BCUT2D eigenvalue weighted by Gasteiger charge is -2.26. The van der Waals surface area contributed by atoms with Gasteiger partial charge in [0, 0.05) is 18.7 Å². The topological polar surface area (TPSA) is 77.2 Å². The van der Waals surface area contributed by atoms with Crippen LogP contribution in [-0.4, -0.2) is 28.7 Å². The van der Waals surface area contributed by atoms with Gasteiger partial charge in [0.2, 0.25) is 0 Å². The number of hydrogen-bond acceptors (Lipinski definition) is 5. The predicted octanol–water partition coefficient (Wildman–Crippen LogP) is 3.77. The molecule has 0 unspecified atom stereocenters. The first-order valence-corrected chi connectivity index (χ1v) is 9.03. The summed E-state index contributed by atoms with van der Waals surface area (Å²) in [4.78, 5) is 0. The van der Waals surface area contributed by atoms with E-state index >= 15 is 0 Å². The number of para-hydroxylation sites is 1. The lowest BCUT2D eigenvalue weighted by molar-refractivity contribution is 0.480. The molecule has 0 radical (unpaired) electrons. The molecule has 3 heterocycles. The number of aromatic nitrogens is 2. The zero-order chi connectivity index (χ0) is 17.9. The predicted molar refractivity (Wildman–Crippen MR) is 104 cm³/mol. The summed E-state index contributed by atoms with van der Waals surface area (Å²) in [5, 5.41) is 24.9. The van der Waals surface area contributed by atoms with Crippen LogP contribution in [0, 0.1) is 11.3 Å². The molecule has 2 aromatic heterocycles. The normalized spacial score (nSPS) is 17.0. The fraction of sp³-hybridized carbons (Fsp3) is 0.263. The number of nitrogens with one attached hydrogen (secondary N) is 3. The standard InChI is InChI=1S/C19H19ClN6/c20-15-5-1-2-6-16(15)25-19-10-17(24-13-4-3-8-22-12-13)14(11-21)18-7-9-23-26(18)19/h1-2,5-7,9-10,13,22,24-25H,3-4,8,12H2/t13-/m1/s1. The van der Waals surface area contributed by atoms with Crippen LogP contribution in [0.25, 0.3) is 5.52 Å². The Morgan fingerprint density at radius 2 is 2.15 bits per heavy atom. The van der Waals surface area contributed by atoms with Gasteiger partial charge in [-0.15, -0.1) is 0 Å². The zero-order valence-corrected chi connectivity index (χ0v) is 14.9. The van der Waals surface area contributed by atoms with Crippen LogP contribution in [0.4, 0.5) is 17.2 Å². The van der Waals surface area contributed by atoms with Crippen LogP contribution in [0.1, 0.15) is 18.4 Å². The molecule has 0 bridgehead atoms. The Labute approximate surface area is 156 Å². The van der Waals surface area contributed by atoms with Crippen molar-refractivity contribution in [2.45, 2.75) is 18.9 Å². The summed E-state index contributed by atoms with van der Waals surface area (Å²) in [6.45, 7) is 1.94. The van der Waals surface area contributed by atoms with E-state index in [0.717, 1.165) is 48.6 Å². The molecule has 3 N–H and O–H groups in total. The largest absolute Gasteiger partial charge is 0.380 e. The van der Waals surface area contributed by atoms with Crippen molar-refractivity contribution in [3.8, 4) is 6.07 Å². The highest BCUT2D eigenvalue weighted by molar-refractivity contribution is 6.33. The first-order valence-electron chi connectivity index (χ1n) is 8.66. The maximum absolute atomic E-state index is 9.70. The van der Waals surface area contributed by atoms with Crippen LogP contribution in [0.2, 0.25) is 5.02 Å². The van der Waals surface area contributed by atoms with Crippen molar-refractivity contribution in [1.82, 2.24) is 14.9 Å². The highest BCUT2D eigenvalue weighted by Crippen LogP contribution is 2.30. The molecule has 3 aromatic rings. The van der Waals surface area contributed by atoms with Crippen LogP contribution in [0.5, 0.6) is 0 Å². The highest BCUT2D eigenvalue weighted by atomic mass is 35.5. The molecule has 1 atom stereocenters. The second-order valence-corrected chi connectivity index (χ2v) is 6.76. The summed E-state index contributed by atoms with van der Waals surface area (Å²) >= 11 is 6.28. The third kappa shape index (κ3) is 3.19. The van der Waals surface area contributed by atoms with Crippen molar-refractivity contribution in [3.05, 3.63) is 53.2 Å². The van der Waals surface area contributed by atoms with Crippen LogP contribution in [0.15, 0.2) is 42.6 Å². The average molecular weight is 367 g/mol. The Morgan fingerprint density at radius 3 is 2.92 bits per heavy atom. The fourth-order valence-corrected chi connectivity index (χ4v) is 3.49. The third-order valence-electron chi connectivity index (χ3n) is 4.58. The first-order chi connectivity index (χ1) is 12.8. The average Bonchev–Trinajstić information content (AvgIpc) is 3.14. The van der Waals surface area contributed by atoms with Crippen molar-refractivity contribution in [2.75, 3.05) is 23.7 Å². The van der Waals surface area contributed by atoms with E-state index < -0.39 is 0 Å². The highest BCUT2D eigenvalue weighted by Gasteiger charge is 2.18. The number of pyridine rings is 1. The minimum absolute atomic E-state index is 0.300. The van der Waals surface area contributed by atoms with Gasteiger partial charge >= 0.3 is 0 Å². The van der Waals surface area contributed by atoms with Gasteiger partial charge in [-0.2, -0.15) is 10.4 Å². The van der Waals surface area contributed by atoms with E-state index in [4.69, 9.17) is 11.6 Å². The van der Waals surface area contributed by atoms with Gasteiger partial charge in [0.1, 0.15) is 17.5 Å². The van der Waals surface area contributed by atoms with E-state index in [0.29, 0.717) is 16.6 Å². The maximum atomic E-state index is 9.70. The first kappa shape index (κ1) is 16.7. The smallest absolute Gasteiger partial charge is 0.134 e. The second-order valence-electron chi connectivity index (χ2n) is 6.35. The van der Waals surface area contributed by atoms with Crippen LogP contribution >= 0.6 is 11.6 Å². The lowest BCUT2D eigenvalue weighted by Crippen LogP contribution is -2.38. The van der Waals surface area contributed by atoms with Crippen LogP contribution < -0.4 is 16.0 Å². The van der Waals surface area contributed by atoms with Gasteiger partial charge in [-0.1, -0.05) is 23.7 Å². The van der Waals surface area contributed by atoms with E-state index in [1.165, 1.54) is 0 Å². The molecule has 1 aliphatic heterocycles. The Morgan fingerprint density at radius 1 is 1.27 bits per heavy atom. The molecular formula is C19H19ClN6.